The van der Waals surface area contributed by atoms with Crippen LogP contribution in [-0.2, 0) is 16.8 Å². The smallest absolute Gasteiger partial charge is 0.237 e. The molecule has 3 aliphatic heterocycles. The number of methoxy groups -OCH3 is 1. The second-order valence-electron chi connectivity index (χ2n) is 9.20. The van der Waals surface area contributed by atoms with Crippen LogP contribution in [0.25, 0.3) is 0 Å². The van der Waals surface area contributed by atoms with E-state index >= 15 is 0 Å². The van der Waals surface area contributed by atoms with Crippen LogP contribution in [0.3, 0.4) is 0 Å². The van der Waals surface area contributed by atoms with Crippen molar-refractivity contribution in [2.24, 2.45) is 0 Å². The van der Waals surface area contributed by atoms with Gasteiger partial charge in [0.15, 0.2) is 11.5 Å². The van der Waals surface area contributed by atoms with E-state index in [9.17, 15) is 9.90 Å². The van der Waals surface area contributed by atoms with Crippen molar-refractivity contribution in [3.05, 3.63) is 33.8 Å². The topological polar surface area (TPSA) is 65.5 Å². The zero-order valence-corrected chi connectivity index (χ0v) is 19.7. The van der Waals surface area contributed by atoms with Crippen molar-refractivity contribution in [3.63, 3.8) is 0 Å². The third-order valence-electron chi connectivity index (χ3n) is 7.34. The predicted molar refractivity (Wildman–Crippen MR) is 121 cm³/mol. The van der Waals surface area contributed by atoms with Gasteiger partial charge >= 0.3 is 0 Å². The van der Waals surface area contributed by atoms with E-state index in [2.05, 4.69) is 38.9 Å². The van der Waals surface area contributed by atoms with Gasteiger partial charge in [-0.05, 0) is 25.1 Å². The molecule has 0 bridgehead atoms. The van der Waals surface area contributed by atoms with Gasteiger partial charge in [-0.1, -0.05) is 28.1 Å². The van der Waals surface area contributed by atoms with Crippen LogP contribution >= 0.6 is 15.9 Å². The summed E-state index contributed by atoms with van der Waals surface area (Å²) in [4.78, 5) is 19.9. The van der Waals surface area contributed by atoms with Gasteiger partial charge in [0.1, 0.15) is 6.10 Å². The predicted octanol–water partition coefficient (Wildman–Crippen LogP) is 1.76. The van der Waals surface area contributed by atoms with Crippen molar-refractivity contribution in [1.29, 1.82) is 0 Å². The molecule has 8 heteroatoms. The molecule has 0 radical (unpaired) electrons. The van der Waals surface area contributed by atoms with E-state index in [0.29, 0.717) is 31.8 Å². The van der Waals surface area contributed by atoms with E-state index < -0.39 is 6.10 Å². The third kappa shape index (κ3) is 3.57. The molecule has 1 aromatic carbocycles. The summed E-state index contributed by atoms with van der Waals surface area (Å²) < 4.78 is 12.9. The van der Waals surface area contributed by atoms with Gasteiger partial charge in [0.05, 0.1) is 25.2 Å². The number of carbonyl (C=O) groups is 1. The Hall–Kier alpha value is -1.61. The number of aliphatic hydroxyl groups is 1. The molecule has 1 saturated heterocycles. The number of benzene rings is 1. The third-order valence-corrected chi connectivity index (χ3v) is 8.05. The summed E-state index contributed by atoms with van der Waals surface area (Å²) >= 11 is 3.74. The SMILES string of the molecule is COc1cc(Br)c2c3c1O[C@@H]1C[C@H](O)C=C[C@]31CCN(C(=O)CN1CCN(C)CC1)C2. The lowest BCUT2D eigenvalue weighted by Gasteiger charge is -2.36. The fourth-order valence-corrected chi connectivity index (χ4v) is 6.00. The Kier molecular flexibility index (Phi) is 5.53. The Morgan fingerprint density at radius 2 is 2.10 bits per heavy atom. The van der Waals surface area contributed by atoms with Gasteiger partial charge in [0.2, 0.25) is 5.91 Å². The average Bonchev–Trinajstić information content (AvgIpc) is 2.97. The fraction of sp³-hybridized carbons (Fsp3) is 0.609. The number of ether oxygens (including phenoxy) is 2. The van der Waals surface area contributed by atoms with E-state index in [1.54, 1.807) is 7.11 Å². The monoisotopic (exact) mass is 491 g/mol. The minimum atomic E-state index is -0.513. The number of hydrogen-bond donors (Lipinski definition) is 1. The Morgan fingerprint density at radius 3 is 2.84 bits per heavy atom. The van der Waals surface area contributed by atoms with Crippen LogP contribution < -0.4 is 9.47 Å². The second-order valence-corrected chi connectivity index (χ2v) is 10.1. The highest BCUT2D eigenvalue weighted by Gasteiger charge is 2.53. The van der Waals surface area contributed by atoms with Crippen molar-refractivity contribution in [3.8, 4) is 11.5 Å². The second kappa shape index (κ2) is 8.06. The Bertz CT molecular complexity index is 915. The van der Waals surface area contributed by atoms with E-state index in [4.69, 9.17) is 9.47 Å². The quantitative estimate of drug-likeness (QED) is 0.649. The normalized spacial score (nSPS) is 30.4. The zero-order valence-electron chi connectivity index (χ0n) is 18.1. The van der Waals surface area contributed by atoms with Gasteiger partial charge in [0.25, 0.3) is 0 Å². The number of halogens is 1. The molecule has 1 aliphatic carbocycles. The van der Waals surface area contributed by atoms with Crippen LogP contribution in [-0.4, -0.2) is 91.3 Å². The van der Waals surface area contributed by atoms with Gasteiger partial charge in [-0.25, -0.2) is 0 Å². The van der Waals surface area contributed by atoms with Crippen molar-refractivity contribution < 1.29 is 19.4 Å². The standard InChI is InChI=1S/C23H30BrN3O4/c1-25-7-9-26(10-8-25)14-20(29)27-6-5-23-4-3-15(28)11-19(23)31-22-18(30-2)12-17(24)16(13-27)21(22)23/h3-4,12,15,19,28H,5-11,13-14H2,1-2H3/t15-,19-,23-/m1/s1. The molecule has 3 heterocycles. The van der Waals surface area contributed by atoms with Gasteiger partial charge in [-0.15, -0.1) is 0 Å². The van der Waals surface area contributed by atoms with Gasteiger partial charge in [0, 0.05) is 55.7 Å². The molecule has 168 valence electrons. The molecular weight excluding hydrogens is 462 g/mol. The fourth-order valence-electron chi connectivity index (χ4n) is 5.47. The average molecular weight is 492 g/mol. The summed E-state index contributed by atoms with van der Waals surface area (Å²) in [5, 5.41) is 10.2. The van der Waals surface area contributed by atoms with Crippen LogP contribution in [0.4, 0.5) is 0 Å². The summed E-state index contributed by atoms with van der Waals surface area (Å²) in [6.45, 7) is 5.53. The number of aliphatic hydroxyl groups excluding tert-OH is 1. The molecule has 1 spiro atoms. The number of hydrogen-bond acceptors (Lipinski definition) is 6. The molecule has 1 amide bonds. The Balaban J connectivity index is 1.48. The first-order chi connectivity index (χ1) is 14.9. The molecule has 3 atom stereocenters. The zero-order chi connectivity index (χ0) is 21.8. The van der Waals surface area contributed by atoms with Crippen LogP contribution in [0.2, 0.25) is 0 Å². The number of nitrogens with zero attached hydrogens (tertiary/aromatic N) is 3. The highest BCUT2D eigenvalue weighted by Crippen LogP contribution is 2.57. The van der Waals surface area contributed by atoms with E-state index in [-0.39, 0.29) is 17.4 Å². The van der Waals surface area contributed by atoms with Crippen molar-refractivity contribution in [2.75, 3.05) is 53.4 Å². The molecule has 0 unspecified atom stereocenters. The molecular formula is C23H30BrN3O4. The molecule has 1 fully saturated rings. The van der Waals surface area contributed by atoms with Crippen LogP contribution in [0, 0.1) is 0 Å². The maximum atomic E-state index is 13.3. The summed E-state index contributed by atoms with van der Waals surface area (Å²) in [5.74, 6) is 1.63. The number of likely N-dealkylation sites (N-methyl/N-ethyl adjacent to an activating group) is 1. The molecule has 0 aromatic heterocycles. The number of carbonyl (C=O) groups excluding carboxylic acids is 1. The maximum Gasteiger partial charge on any atom is 0.237 e. The number of piperazine rings is 1. The van der Waals surface area contributed by atoms with Gasteiger partial charge in [-0.2, -0.15) is 0 Å². The Morgan fingerprint density at radius 1 is 1.32 bits per heavy atom. The maximum absolute atomic E-state index is 13.3. The van der Waals surface area contributed by atoms with Crippen LogP contribution in [0.1, 0.15) is 24.0 Å². The van der Waals surface area contributed by atoms with Crippen molar-refractivity contribution in [2.45, 2.75) is 37.0 Å². The molecule has 1 aromatic rings. The lowest BCUT2D eigenvalue weighted by atomic mass is 9.69. The first-order valence-electron chi connectivity index (χ1n) is 11.0. The first-order valence-corrected chi connectivity index (χ1v) is 11.8. The molecule has 31 heavy (non-hydrogen) atoms. The van der Waals surface area contributed by atoms with Crippen molar-refractivity contribution in [1.82, 2.24) is 14.7 Å². The molecule has 1 N–H and O–H groups in total. The lowest BCUT2D eigenvalue weighted by Crippen LogP contribution is -2.49. The molecule has 7 nitrogen and oxygen atoms in total. The summed E-state index contributed by atoms with van der Waals surface area (Å²) in [5.41, 5.74) is 1.86. The highest BCUT2D eigenvalue weighted by molar-refractivity contribution is 9.10. The van der Waals surface area contributed by atoms with E-state index in [0.717, 1.165) is 53.9 Å². The lowest BCUT2D eigenvalue weighted by molar-refractivity contribution is -0.133. The first kappa shape index (κ1) is 21.2. The summed E-state index contributed by atoms with van der Waals surface area (Å²) in [6.07, 6.45) is 4.64. The van der Waals surface area contributed by atoms with Gasteiger partial charge < -0.3 is 24.4 Å². The van der Waals surface area contributed by atoms with Crippen LogP contribution in [0.15, 0.2) is 22.7 Å². The van der Waals surface area contributed by atoms with Crippen LogP contribution in [0.5, 0.6) is 11.5 Å². The summed E-state index contributed by atoms with van der Waals surface area (Å²) in [7, 11) is 3.77. The highest BCUT2D eigenvalue weighted by atomic mass is 79.9. The largest absolute Gasteiger partial charge is 0.493 e. The number of rotatable bonds is 3. The molecule has 0 saturated carbocycles. The minimum Gasteiger partial charge on any atom is -0.493 e. The van der Waals surface area contributed by atoms with Crippen molar-refractivity contribution >= 4 is 21.8 Å². The molecule has 5 rings (SSSR count). The number of amides is 1. The summed E-state index contributed by atoms with van der Waals surface area (Å²) in [6, 6.07) is 1.94. The minimum absolute atomic E-state index is 0.155. The van der Waals surface area contributed by atoms with E-state index in [1.165, 1.54) is 0 Å². The van der Waals surface area contributed by atoms with Gasteiger partial charge in [-0.3, -0.25) is 9.69 Å². The van der Waals surface area contributed by atoms with E-state index in [1.807, 2.05) is 17.0 Å². The molecule has 4 aliphatic rings. The Labute approximate surface area is 191 Å².